The van der Waals surface area contributed by atoms with Crippen molar-refractivity contribution in [1.29, 1.82) is 0 Å². The Kier molecular flexibility index (Phi) is 6.31. The number of hydrogen-bond donors (Lipinski definition) is 1. The molecule has 5 heteroatoms. The van der Waals surface area contributed by atoms with Crippen molar-refractivity contribution in [2.24, 2.45) is 5.16 Å². The minimum absolute atomic E-state index is 0.0455. The van der Waals surface area contributed by atoms with Crippen LogP contribution < -0.4 is 0 Å². The van der Waals surface area contributed by atoms with E-state index in [1.54, 1.807) is 0 Å². The second-order valence-corrected chi connectivity index (χ2v) is 3.96. The molecule has 0 radical (unpaired) electrons. The van der Waals surface area contributed by atoms with Crippen LogP contribution in [0.25, 0.3) is 0 Å². The van der Waals surface area contributed by atoms with Crippen LogP contribution in [0.2, 0.25) is 0 Å². The lowest BCUT2D eigenvalue weighted by molar-refractivity contribution is -0.154. The van der Waals surface area contributed by atoms with E-state index >= 15 is 0 Å². The number of alkyl halides is 1. The summed E-state index contributed by atoms with van der Waals surface area (Å²) in [4.78, 5) is -0.0455. The van der Waals surface area contributed by atoms with Crippen LogP contribution in [-0.4, -0.2) is 35.8 Å². The van der Waals surface area contributed by atoms with Gasteiger partial charge < -0.3 is 14.7 Å². The standard InChI is InChI=1S/C9H18BrNO3/c1-5-7(10)9(13-3,14-4)8(6-2)11-12/h7,12H,5-6H2,1-4H3/b11-8+. The second-order valence-electron chi connectivity index (χ2n) is 2.85. The van der Waals surface area contributed by atoms with Gasteiger partial charge in [0.05, 0.1) is 4.83 Å². The van der Waals surface area contributed by atoms with Gasteiger partial charge in [-0.2, -0.15) is 0 Å². The maximum Gasteiger partial charge on any atom is 0.224 e. The van der Waals surface area contributed by atoms with E-state index in [2.05, 4.69) is 21.1 Å². The van der Waals surface area contributed by atoms with Gasteiger partial charge in [-0.15, -0.1) is 0 Å². The Labute approximate surface area is 93.4 Å². The Balaban J connectivity index is 5.04. The molecule has 84 valence electrons. The molecule has 0 aromatic heterocycles. The molecular formula is C9H18BrNO3. The highest BCUT2D eigenvalue weighted by molar-refractivity contribution is 9.09. The van der Waals surface area contributed by atoms with Crippen LogP contribution >= 0.6 is 15.9 Å². The Morgan fingerprint density at radius 1 is 1.43 bits per heavy atom. The molecule has 14 heavy (non-hydrogen) atoms. The van der Waals surface area contributed by atoms with Crippen LogP contribution in [0.5, 0.6) is 0 Å². The van der Waals surface area contributed by atoms with E-state index in [4.69, 9.17) is 14.7 Å². The van der Waals surface area contributed by atoms with Crippen LogP contribution in [0.4, 0.5) is 0 Å². The maximum atomic E-state index is 8.88. The predicted molar refractivity (Wildman–Crippen MR) is 59.3 cm³/mol. The largest absolute Gasteiger partial charge is 0.411 e. The average molecular weight is 268 g/mol. The number of nitrogens with zero attached hydrogens (tertiary/aromatic N) is 1. The van der Waals surface area contributed by atoms with E-state index in [-0.39, 0.29) is 4.83 Å². The quantitative estimate of drug-likeness (QED) is 0.264. The zero-order valence-corrected chi connectivity index (χ0v) is 10.7. The number of ether oxygens (including phenoxy) is 2. The van der Waals surface area contributed by atoms with Crippen molar-refractivity contribution in [2.45, 2.75) is 37.3 Å². The smallest absolute Gasteiger partial charge is 0.224 e. The monoisotopic (exact) mass is 267 g/mol. The fraction of sp³-hybridized carbons (Fsp3) is 0.889. The van der Waals surface area contributed by atoms with Crippen molar-refractivity contribution in [1.82, 2.24) is 0 Å². The molecule has 0 spiro atoms. The van der Waals surface area contributed by atoms with Crippen LogP contribution in [0.15, 0.2) is 5.16 Å². The van der Waals surface area contributed by atoms with E-state index in [1.165, 1.54) is 14.2 Å². The summed E-state index contributed by atoms with van der Waals surface area (Å²) in [6.45, 7) is 3.88. The third kappa shape index (κ3) is 2.46. The van der Waals surface area contributed by atoms with Crippen molar-refractivity contribution in [3.8, 4) is 0 Å². The first-order valence-electron chi connectivity index (χ1n) is 4.58. The summed E-state index contributed by atoms with van der Waals surface area (Å²) >= 11 is 3.46. The summed E-state index contributed by atoms with van der Waals surface area (Å²) in [5, 5.41) is 12.1. The molecule has 0 amide bonds. The van der Waals surface area contributed by atoms with Gasteiger partial charge in [0.2, 0.25) is 5.79 Å². The number of rotatable bonds is 6. The van der Waals surface area contributed by atoms with Crippen LogP contribution in [-0.2, 0) is 9.47 Å². The van der Waals surface area contributed by atoms with Gasteiger partial charge in [0.1, 0.15) is 5.71 Å². The number of oxime groups is 1. The number of halogens is 1. The Morgan fingerprint density at radius 2 is 1.93 bits per heavy atom. The normalized spacial score (nSPS) is 15.6. The second kappa shape index (κ2) is 6.37. The molecule has 1 unspecified atom stereocenters. The van der Waals surface area contributed by atoms with E-state index < -0.39 is 5.79 Å². The first-order chi connectivity index (χ1) is 6.62. The third-order valence-corrected chi connectivity index (χ3v) is 3.49. The highest BCUT2D eigenvalue weighted by atomic mass is 79.9. The van der Waals surface area contributed by atoms with Gasteiger partial charge in [-0.25, -0.2) is 0 Å². The van der Waals surface area contributed by atoms with Crippen molar-refractivity contribution < 1.29 is 14.7 Å². The predicted octanol–water partition coefficient (Wildman–Crippen LogP) is 2.39. The summed E-state index contributed by atoms with van der Waals surface area (Å²) in [5.41, 5.74) is 0.478. The first kappa shape index (κ1) is 13.9. The summed E-state index contributed by atoms with van der Waals surface area (Å²) in [7, 11) is 3.07. The average Bonchev–Trinajstić information content (AvgIpc) is 2.25. The minimum atomic E-state index is -0.974. The zero-order chi connectivity index (χ0) is 11.2. The van der Waals surface area contributed by atoms with Crippen molar-refractivity contribution in [2.75, 3.05) is 14.2 Å². The highest BCUT2D eigenvalue weighted by Gasteiger charge is 2.42. The molecule has 0 aromatic rings. The van der Waals surface area contributed by atoms with Crippen LogP contribution in [0.3, 0.4) is 0 Å². The Bertz CT molecular complexity index is 192. The topological polar surface area (TPSA) is 51.1 Å². The molecule has 0 aliphatic rings. The molecule has 0 fully saturated rings. The SMILES string of the molecule is CC/C(=N\O)C(OC)(OC)C(Br)CC. The Hall–Kier alpha value is -0.130. The minimum Gasteiger partial charge on any atom is -0.411 e. The molecule has 0 saturated heterocycles. The fourth-order valence-electron chi connectivity index (χ4n) is 1.41. The summed E-state index contributed by atoms with van der Waals surface area (Å²) in [6.07, 6.45) is 1.38. The van der Waals surface area contributed by atoms with E-state index in [0.29, 0.717) is 12.1 Å². The molecule has 0 aliphatic carbocycles. The maximum absolute atomic E-state index is 8.88. The van der Waals surface area contributed by atoms with Gasteiger partial charge in [-0.1, -0.05) is 34.9 Å². The summed E-state index contributed by atoms with van der Waals surface area (Å²) in [6, 6.07) is 0. The van der Waals surface area contributed by atoms with Crippen molar-refractivity contribution >= 4 is 21.6 Å². The fourth-order valence-corrected chi connectivity index (χ4v) is 2.05. The summed E-state index contributed by atoms with van der Waals surface area (Å²) in [5.74, 6) is -0.974. The van der Waals surface area contributed by atoms with Crippen molar-refractivity contribution in [3.05, 3.63) is 0 Å². The van der Waals surface area contributed by atoms with E-state index in [9.17, 15) is 0 Å². The molecule has 1 N–H and O–H groups in total. The lowest BCUT2D eigenvalue weighted by Crippen LogP contribution is -2.50. The molecule has 1 atom stereocenters. The van der Waals surface area contributed by atoms with Crippen LogP contribution in [0, 0.1) is 0 Å². The number of methoxy groups -OCH3 is 2. The molecule has 0 aromatic carbocycles. The highest BCUT2D eigenvalue weighted by Crippen LogP contribution is 2.28. The van der Waals surface area contributed by atoms with E-state index in [0.717, 1.165) is 6.42 Å². The molecule has 0 bridgehead atoms. The molecule has 0 rings (SSSR count). The van der Waals surface area contributed by atoms with Gasteiger partial charge >= 0.3 is 0 Å². The molecule has 0 saturated carbocycles. The van der Waals surface area contributed by atoms with Gasteiger partial charge in [-0.05, 0) is 12.8 Å². The third-order valence-electron chi connectivity index (χ3n) is 2.24. The zero-order valence-electron chi connectivity index (χ0n) is 9.08. The summed E-state index contributed by atoms with van der Waals surface area (Å²) < 4.78 is 10.6. The molecule has 4 nitrogen and oxygen atoms in total. The lowest BCUT2D eigenvalue weighted by Gasteiger charge is -2.34. The number of hydrogen-bond acceptors (Lipinski definition) is 4. The van der Waals surface area contributed by atoms with Gasteiger partial charge in [0.25, 0.3) is 0 Å². The lowest BCUT2D eigenvalue weighted by atomic mass is 10.0. The first-order valence-corrected chi connectivity index (χ1v) is 5.50. The molecular weight excluding hydrogens is 250 g/mol. The molecule has 0 heterocycles. The Morgan fingerprint density at radius 3 is 2.14 bits per heavy atom. The van der Waals surface area contributed by atoms with Gasteiger partial charge in [0.15, 0.2) is 0 Å². The van der Waals surface area contributed by atoms with E-state index in [1.807, 2.05) is 13.8 Å². The van der Waals surface area contributed by atoms with Crippen molar-refractivity contribution in [3.63, 3.8) is 0 Å². The van der Waals surface area contributed by atoms with Gasteiger partial charge in [-0.3, -0.25) is 0 Å². The van der Waals surface area contributed by atoms with Gasteiger partial charge in [0, 0.05) is 14.2 Å². The molecule has 0 aliphatic heterocycles. The van der Waals surface area contributed by atoms with Crippen LogP contribution in [0.1, 0.15) is 26.7 Å².